The summed E-state index contributed by atoms with van der Waals surface area (Å²) in [5.41, 5.74) is 0.670. The highest BCUT2D eigenvalue weighted by Gasteiger charge is 2.30. The van der Waals surface area contributed by atoms with Gasteiger partial charge in [0.2, 0.25) is 0 Å². The van der Waals surface area contributed by atoms with Crippen LogP contribution in [-0.4, -0.2) is 10.1 Å². The number of aromatic nitrogens is 1. The average Bonchev–Trinajstić information content (AvgIpc) is 3.04. The number of nitrogens with zero attached hydrogens (tertiary/aromatic N) is 1. The minimum absolute atomic E-state index is 0.144. The number of rotatable bonds is 5. The van der Waals surface area contributed by atoms with Crippen molar-refractivity contribution in [2.75, 3.05) is 0 Å². The van der Waals surface area contributed by atoms with E-state index in [2.05, 4.69) is 20.9 Å². The Labute approximate surface area is 165 Å². The summed E-state index contributed by atoms with van der Waals surface area (Å²) < 4.78 is 39.0. The van der Waals surface area contributed by atoms with Gasteiger partial charge < -0.3 is 5.11 Å². The van der Waals surface area contributed by atoms with E-state index < -0.39 is 11.7 Å². The molecular weight excluding hydrogens is 447 g/mol. The molecule has 3 rings (SSSR count). The quantitative estimate of drug-likeness (QED) is 0.449. The number of alkyl halides is 3. The van der Waals surface area contributed by atoms with Gasteiger partial charge in [0.1, 0.15) is 5.01 Å². The van der Waals surface area contributed by atoms with E-state index in [4.69, 9.17) is 0 Å². The van der Waals surface area contributed by atoms with E-state index in [-0.39, 0.29) is 6.61 Å². The highest BCUT2D eigenvalue weighted by Crippen LogP contribution is 2.34. The Morgan fingerprint density at radius 1 is 1.04 bits per heavy atom. The number of hydrogen-bond donors (Lipinski definition) is 1. The van der Waals surface area contributed by atoms with Crippen LogP contribution in [0.2, 0.25) is 0 Å². The molecule has 3 aromatic rings. The van der Waals surface area contributed by atoms with E-state index in [1.54, 1.807) is 11.8 Å². The Hall–Kier alpha value is -1.35. The van der Waals surface area contributed by atoms with Crippen LogP contribution in [0.4, 0.5) is 13.2 Å². The molecule has 0 amide bonds. The molecule has 136 valence electrons. The smallest absolute Gasteiger partial charge is 0.391 e. The summed E-state index contributed by atoms with van der Waals surface area (Å²) in [7, 11) is 0. The van der Waals surface area contributed by atoms with Crippen LogP contribution in [0.1, 0.15) is 16.1 Å². The molecule has 0 radical (unpaired) electrons. The predicted molar refractivity (Wildman–Crippen MR) is 102 cm³/mol. The molecule has 0 bridgehead atoms. The maximum atomic E-state index is 12.7. The molecule has 0 spiro atoms. The number of thiazole rings is 1. The molecule has 26 heavy (non-hydrogen) atoms. The van der Waals surface area contributed by atoms with Gasteiger partial charge in [-0.25, -0.2) is 4.98 Å². The van der Waals surface area contributed by atoms with E-state index in [0.717, 1.165) is 32.1 Å². The molecule has 1 N–H and O–H groups in total. The van der Waals surface area contributed by atoms with Crippen LogP contribution in [0.3, 0.4) is 0 Å². The van der Waals surface area contributed by atoms with Crippen molar-refractivity contribution in [1.82, 2.24) is 4.98 Å². The van der Waals surface area contributed by atoms with Gasteiger partial charge in [-0.3, -0.25) is 0 Å². The largest absolute Gasteiger partial charge is 0.416 e. The Bertz CT molecular complexity index is 877. The van der Waals surface area contributed by atoms with Crippen molar-refractivity contribution < 1.29 is 18.3 Å². The molecular formula is C18H13BrF3NOS2. The van der Waals surface area contributed by atoms with Crippen LogP contribution in [0.15, 0.2) is 57.9 Å². The van der Waals surface area contributed by atoms with E-state index in [1.165, 1.54) is 23.5 Å². The van der Waals surface area contributed by atoms with Gasteiger partial charge in [0.25, 0.3) is 0 Å². The Morgan fingerprint density at radius 2 is 1.69 bits per heavy atom. The number of aliphatic hydroxyl groups is 1. The average molecular weight is 460 g/mol. The van der Waals surface area contributed by atoms with Crippen LogP contribution in [-0.2, 0) is 18.5 Å². The first-order chi connectivity index (χ1) is 12.4. The lowest BCUT2D eigenvalue weighted by Gasteiger charge is -2.06. The first kappa shape index (κ1) is 19.4. The third-order valence-corrected chi connectivity index (χ3v) is 6.25. The van der Waals surface area contributed by atoms with Gasteiger partial charge in [-0.05, 0) is 36.4 Å². The maximum Gasteiger partial charge on any atom is 0.416 e. The third kappa shape index (κ3) is 4.68. The SMILES string of the molecule is OCc1sc(-c2ccc(C(F)(F)F)cc2)nc1CSc1ccc(Br)cc1. The molecule has 0 saturated heterocycles. The molecule has 0 atom stereocenters. The van der Waals surface area contributed by atoms with Gasteiger partial charge in [-0.2, -0.15) is 13.2 Å². The summed E-state index contributed by atoms with van der Waals surface area (Å²) in [6.07, 6.45) is -4.36. The van der Waals surface area contributed by atoms with Crippen molar-refractivity contribution in [3.63, 3.8) is 0 Å². The summed E-state index contributed by atoms with van der Waals surface area (Å²) in [6, 6.07) is 12.8. The zero-order valence-corrected chi connectivity index (χ0v) is 16.5. The topological polar surface area (TPSA) is 33.1 Å². The van der Waals surface area contributed by atoms with Gasteiger partial charge in [0.15, 0.2) is 0 Å². The number of halogens is 4. The molecule has 0 aliphatic rings. The molecule has 1 heterocycles. The van der Waals surface area contributed by atoms with Crippen molar-refractivity contribution in [2.24, 2.45) is 0 Å². The number of aliphatic hydroxyl groups excluding tert-OH is 1. The van der Waals surface area contributed by atoms with Crippen LogP contribution < -0.4 is 0 Å². The molecule has 0 aliphatic carbocycles. The summed E-state index contributed by atoms with van der Waals surface area (Å²) in [5, 5.41) is 10.2. The minimum atomic E-state index is -4.36. The van der Waals surface area contributed by atoms with Crippen molar-refractivity contribution in [3.8, 4) is 10.6 Å². The van der Waals surface area contributed by atoms with Crippen LogP contribution >= 0.6 is 39.0 Å². The summed E-state index contributed by atoms with van der Waals surface area (Å²) in [6.45, 7) is -0.144. The highest BCUT2D eigenvalue weighted by molar-refractivity contribution is 9.10. The first-order valence-electron chi connectivity index (χ1n) is 7.52. The normalized spacial score (nSPS) is 11.7. The minimum Gasteiger partial charge on any atom is -0.391 e. The zero-order chi connectivity index (χ0) is 18.7. The van der Waals surface area contributed by atoms with Crippen LogP contribution in [0, 0.1) is 0 Å². The first-order valence-corrected chi connectivity index (χ1v) is 10.1. The molecule has 0 aliphatic heterocycles. The zero-order valence-electron chi connectivity index (χ0n) is 13.3. The van der Waals surface area contributed by atoms with Crippen LogP contribution in [0.25, 0.3) is 10.6 Å². The second-order valence-electron chi connectivity index (χ2n) is 5.36. The molecule has 8 heteroatoms. The lowest BCUT2D eigenvalue weighted by molar-refractivity contribution is -0.137. The molecule has 0 saturated carbocycles. The molecule has 0 unspecified atom stereocenters. The second kappa shape index (κ2) is 8.12. The Morgan fingerprint density at radius 3 is 2.27 bits per heavy atom. The molecule has 0 fully saturated rings. The second-order valence-corrected chi connectivity index (χ2v) is 8.41. The maximum absolute atomic E-state index is 12.7. The van der Waals surface area contributed by atoms with Crippen molar-refractivity contribution in [2.45, 2.75) is 23.4 Å². The lowest BCUT2D eigenvalue weighted by Crippen LogP contribution is -2.03. The summed E-state index contributed by atoms with van der Waals surface area (Å²) in [5.74, 6) is 0.578. The van der Waals surface area contributed by atoms with E-state index in [0.29, 0.717) is 16.3 Å². The van der Waals surface area contributed by atoms with Gasteiger partial charge >= 0.3 is 6.18 Å². The summed E-state index contributed by atoms with van der Waals surface area (Å²) >= 11 is 6.28. The van der Waals surface area contributed by atoms with Gasteiger partial charge in [0.05, 0.1) is 22.7 Å². The molecule has 2 nitrogen and oxygen atoms in total. The lowest BCUT2D eigenvalue weighted by atomic mass is 10.1. The Kier molecular flexibility index (Phi) is 6.06. The number of thioether (sulfide) groups is 1. The monoisotopic (exact) mass is 459 g/mol. The standard InChI is InChI=1S/C18H13BrF3NOS2/c19-13-5-7-14(8-6-13)25-10-15-16(9-24)26-17(23-15)11-1-3-12(4-2-11)18(20,21)22/h1-8,24H,9-10H2. The fraction of sp³-hybridized carbons (Fsp3) is 0.167. The van der Waals surface area contributed by atoms with E-state index >= 15 is 0 Å². The van der Waals surface area contributed by atoms with Gasteiger partial charge in [-0.15, -0.1) is 23.1 Å². The van der Waals surface area contributed by atoms with Crippen molar-refractivity contribution in [3.05, 3.63) is 69.1 Å². The van der Waals surface area contributed by atoms with Crippen molar-refractivity contribution in [1.29, 1.82) is 0 Å². The molecule has 2 aromatic carbocycles. The Balaban J connectivity index is 1.78. The van der Waals surface area contributed by atoms with E-state index in [9.17, 15) is 18.3 Å². The van der Waals surface area contributed by atoms with Crippen LogP contribution in [0.5, 0.6) is 0 Å². The highest BCUT2D eigenvalue weighted by atomic mass is 79.9. The van der Waals surface area contributed by atoms with Crippen molar-refractivity contribution >= 4 is 39.0 Å². The third-order valence-electron chi connectivity index (χ3n) is 3.57. The molecule has 1 aromatic heterocycles. The van der Waals surface area contributed by atoms with Gasteiger partial charge in [-0.1, -0.05) is 28.1 Å². The van der Waals surface area contributed by atoms with E-state index in [1.807, 2.05) is 24.3 Å². The fourth-order valence-corrected chi connectivity index (χ4v) is 4.40. The predicted octanol–water partition coefficient (Wildman–Crippen LogP) is 6.38. The number of hydrogen-bond acceptors (Lipinski definition) is 4. The summed E-state index contributed by atoms with van der Waals surface area (Å²) in [4.78, 5) is 6.32. The number of benzene rings is 2. The fourth-order valence-electron chi connectivity index (χ4n) is 2.23. The van der Waals surface area contributed by atoms with Gasteiger partial charge in [0, 0.05) is 20.7 Å².